The van der Waals surface area contributed by atoms with E-state index in [2.05, 4.69) is 27.0 Å². The number of nitriles is 1. The van der Waals surface area contributed by atoms with Crippen molar-refractivity contribution in [1.29, 1.82) is 5.26 Å². The first-order chi connectivity index (χ1) is 19.0. The quantitative estimate of drug-likeness (QED) is 0.322. The standard InChI is InChI=1S/C31H32N6O3/c1-19-12-13-24(34-29(38)25-15-23(31(3,4)5)14-22(17-32)28(25)40-6)16-27(19)37-18-26(35-36-37)30(39)33-20(2)21-10-8-7-9-11-21/h7-16,18,20H,1-6H3,(H,33,39)(H,34,38)/t20-/m1/s1. The molecule has 40 heavy (non-hydrogen) atoms. The van der Waals surface area contributed by atoms with E-state index >= 15 is 0 Å². The van der Waals surface area contributed by atoms with Crippen LogP contribution in [0.2, 0.25) is 0 Å². The molecule has 204 valence electrons. The van der Waals surface area contributed by atoms with E-state index in [1.807, 2.05) is 71.0 Å². The Bertz CT molecular complexity index is 1600. The number of amides is 2. The molecule has 3 aromatic carbocycles. The van der Waals surface area contributed by atoms with Gasteiger partial charge in [0.2, 0.25) is 0 Å². The minimum Gasteiger partial charge on any atom is -0.495 e. The third-order valence-corrected chi connectivity index (χ3v) is 6.61. The van der Waals surface area contributed by atoms with Crippen LogP contribution in [-0.2, 0) is 5.41 Å². The van der Waals surface area contributed by atoms with E-state index in [0.717, 1.165) is 16.7 Å². The highest BCUT2D eigenvalue weighted by molar-refractivity contribution is 6.07. The zero-order valence-corrected chi connectivity index (χ0v) is 23.4. The number of hydrogen-bond donors (Lipinski definition) is 2. The van der Waals surface area contributed by atoms with Crippen LogP contribution in [0.3, 0.4) is 0 Å². The van der Waals surface area contributed by atoms with Crippen molar-refractivity contribution in [3.05, 3.63) is 100 Å². The summed E-state index contributed by atoms with van der Waals surface area (Å²) in [5, 5.41) is 23.7. The normalized spacial score (nSPS) is 11.8. The van der Waals surface area contributed by atoms with E-state index in [1.165, 1.54) is 11.8 Å². The summed E-state index contributed by atoms with van der Waals surface area (Å²) >= 11 is 0. The second kappa shape index (κ2) is 11.4. The molecule has 0 unspecified atom stereocenters. The van der Waals surface area contributed by atoms with E-state index in [-0.39, 0.29) is 34.4 Å². The molecule has 0 saturated carbocycles. The first kappa shape index (κ1) is 28.0. The highest BCUT2D eigenvalue weighted by Crippen LogP contribution is 2.32. The molecule has 1 atom stereocenters. The fraction of sp³-hybridized carbons (Fsp3) is 0.258. The molecular formula is C31H32N6O3. The molecule has 2 amide bonds. The lowest BCUT2D eigenvalue weighted by molar-refractivity contribution is 0.0934. The van der Waals surface area contributed by atoms with Crippen LogP contribution in [0.15, 0.2) is 66.9 Å². The first-order valence-electron chi connectivity index (χ1n) is 12.8. The number of carbonyl (C=O) groups excluding carboxylic acids is 2. The average molecular weight is 537 g/mol. The van der Waals surface area contributed by atoms with Gasteiger partial charge in [-0.25, -0.2) is 4.68 Å². The van der Waals surface area contributed by atoms with Crippen LogP contribution in [-0.4, -0.2) is 33.9 Å². The molecule has 9 heteroatoms. The van der Waals surface area contributed by atoms with Crippen molar-refractivity contribution >= 4 is 17.5 Å². The minimum absolute atomic E-state index is 0.171. The molecule has 1 aromatic heterocycles. The number of rotatable bonds is 7. The van der Waals surface area contributed by atoms with E-state index in [1.54, 1.807) is 30.5 Å². The Morgan fingerprint density at radius 3 is 2.42 bits per heavy atom. The zero-order chi connectivity index (χ0) is 29.0. The summed E-state index contributed by atoms with van der Waals surface area (Å²) in [6, 6.07) is 20.4. The van der Waals surface area contributed by atoms with Gasteiger partial charge >= 0.3 is 0 Å². The average Bonchev–Trinajstić information content (AvgIpc) is 3.43. The molecule has 0 aliphatic carbocycles. The number of hydrogen-bond acceptors (Lipinski definition) is 6. The number of ether oxygens (including phenoxy) is 1. The minimum atomic E-state index is -0.414. The summed E-state index contributed by atoms with van der Waals surface area (Å²) < 4.78 is 6.94. The first-order valence-corrected chi connectivity index (χ1v) is 12.8. The van der Waals surface area contributed by atoms with Crippen LogP contribution >= 0.6 is 0 Å². The summed E-state index contributed by atoms with van der Waals surface area (Å²) in [5.74, 6) is -0.538. The molecule has 0 bridgehead atoms. The second-order valence-corrected chi connectivity index (χ2v) is 10.6. The van der Waals surface area contributed by atoms with Crippen molar-refractivity contribution in [2.24, 2.45) is 0 Å². The van der Waals surface area contributed by atoms with E-state index in [9.17, 15) is 14.9 Å². The zero-order valence-electron chi connectivity index (χ0n) is 23.4. The smallest absolute Gasteiger partial charge is 0.273 e. The summed E-state index contributed by atoms with van der Waals surface area (Å²) in [6.45, 7) is 9.84. The van der Waals surface area contributed by atoms with Crippen LogP contribution in [0.25, 0.3) is 5.69 Å². The van der Waals surface area contributed by atoms with Gasteiger partial charge in [-0.15, -0.1) is 5.10 Å². The number of benzene rings is 3. The largest absolute Gasteiger partial charge is 0.495 e. The van der Waals surface area contributed by atoms with Crippen LogP contribution in [0.1, 0.15) is 76.8 Å². The van der Waals surface area contributed by atoms with Crippen LogP contribution in [0.4, 0.5) is 5.69 Å². The predicted molar refractivity (Wildman–Crippen MR) is 153 cm³/mol. The molecule has 0 radical (unpaired) electrons. The van der Waals surface area contributed by atoms with E-state index in [4.69, 9.17) is 4.74 Å². The van der Waals surface area contributed by atoms with Crippen molar-refractivity contribution in [3.8, 4) is 17.5 Å². The number of aryl methyl sites for hydroxylation is 1. The van der Waals surface area contributed by atoms with Gasteiger partial charge in [0.1, 0.15) is 11.8 Å². The molecule has 0 spiro atoms. The van der Waals surface area contributed by atoms with Crippen molar-refractivity contribution < 1.29 is 14.3 Å². The fourth-order valence-corrected chi connectivity index (χ4v) is 4.25. The highest BCUT2D eigenvalue weighted by Gasteiger charge is 2.23. The maximum Gasteiger partial charge on any atom is 0.273 e. The van der Waals surface area contributed by atoms with Gasteiger partial charge in [0.15, 0.2) is 5.69 Å². The third kappa shape index (κ3) is 6.02. The number of aromatic nitrogens is 3. The summed E-state index contributed by atoms with van der Waals surface area (Å²) in [7, 11) is 1.44. The second-order valence-electron chi connectivity index (χ2n) is 10.6. The Morgan fingerprint density at radius 2 is 1.77 bits per heavy atom. The van der Waals surface area contributed by atoms with Gasteiger partial charge in [-0.05, 0) is 60.2 Å². The molecule has 0 aliphatic heterocycles. The van der Waals surface area contributed by atoms with Crippen molar-refractivity contribution in [1.82, 2.24) is 20.3 Å². The van der Waals surface area contributed by atoms with E-state index in [0.29, 0.717) is 16.9 Å². The lowest BCUT2D eigenvalue weighted by Gasteiger charge is -2.22. The van der Waals surface area contributed by atoms with Gasteiger partial charge < -0.3 is 15.4 Å². The van der Waals surface area contributed by atoms with Crippen molar-refractivity contribution in [2.75, 3.05) is 12.4 Å². The van der Waals surface area contributed by atoms with Gasteiger partial charge in [0, 0.05) is 5.69 Å². The van der Waals surface area contributed by atoms with Crippen LogP contribution < -0.4 is 15.4 Å². The van der Waals surface area contributed by atoms with Gasteiger partial charge in [-0.1, -0.05) is 62.4 Å². The monoisotopic (exact) mass is 536 g/mol. The van der Waals surface area contributed by atoms with Gasteiger partial charge in [0.25, 0.3) is 11.8 Å². The van der Waals surface area contributed by atoms with Gasteiger partial charge in [0.05, 0.1) is 36.2 Å². The highest BCUT2D eigenvalue weighted by atomic mass is 16.5. The van der Waals surface area contributed by atoms with E-state index < -0.39 is 5.91 Å². The lowest BCUT2D eigenvalue weighted by atomic mass is 9.84. The van der Waals surface area contributed by atoms with Crippen LogP contribution in [0.5, 0.6) is 5.75 Å². The Kier molecular flexibility index (Phi) is 8.00. The molecule has 1 heterocycles. The molecule has 4 aromatic rings. The fourth-order valence-electron chi connectivity index (χ4n) is 4.25. The maximum atomic E-state index is 13.4. The number of carbonyl (C=O) groups is 2. The molecule has 2 N–H and O–H groups in total. The Balaban J connectivity index is 1.58. The number of methoxy groups -OCH3 is 1. The SMILES string of the molecule is COc1c(C#N)cc(C(C)(C)C)cc1C(=O)Nc1ccc(C)c(-n2cc(C(=O)N[C@H](C)c3ccccc3)nn2)c1. The van der Waals surface area contributed by atoms with Gasteiger partial charge in [-0.2, -0.15) is 5.26 Å². The molecule has 0 aliphatic rings. The molecule has 9 nitrogen and oxygen atoms in total. The molecule has 4 rings (SSSR count). The summed E-state index contributed by atoms with van der Waals surface area (Å²) in [6.07, 6.45) is 1.55. The summed E-state index contributed by atoms with van der Waals surface area (Å²) in [5.41, 5.74) is 4.29. The summed E-state index contributed by atoms with van der Waals surface area (Å²) in [4.78, 5) is 26.2. The topological polar surface area (TPSA) is 122 Å². The van der Waals surface area contributed by atoms with Gasteiger partial charge in [-0.3, -0.25) is 9.59 Å². The predicted octanol–water partition coefficient (Wildman–Crippen LogP) is 5.50. The Morgan fingerprint density at radius 1 is 1.05 bits per heavy atom. The van der Waals surface area contributed by atoms with Crippen LogP contribution in [0, 0.1) is 18.3 Å². The molecular weight excluding hydrogens is 504 g/mol. The molecule has 0 fully saturated rings. The lowest BCUT2D eigenvalue weighted by Crippen LogP contribution is -2.26. The number of nitrogens with zero attached hydrogens (tertiary/aromatic N) is 4. The Labute approximate surface area is 233 Å². The number of anilines is 1. The Hall–Kier alpha value is -4.97. The van der Waals surface area contributed by atoms with Crippen molar-refractivity contribution in [3.63, 3.8) is 0 Å². The maximum absolute atomic E-state index is 13.4. The van der Waals surface area contributed by atoms with Crippen molar-refractivity contribution in [2.45, 2.75) is 46.1 Å². The number of nitrogens with one attached hydrogen (secondary N) is 2. The molecule has 0 saturated heterocycles. The third-order valence-electron chi connectivity index (χ3n) is 6.61.